The number of nitrogens with zero attached hydrogens (tertiary/aromatic N) is 2. The number of piperidine rings is 1. The van der Waals surface area contributed by atoms with Gasteiger partial charge in [0.05, 0.1) is 12.2 Å². The number of ether oxygens (including phenoxy) is 2. The molecule has 9 heteroatoms. The van der Waals surface area contributed by atoms with E-state index < -0.39 is 11.5 Å². The Kier molecular flexibility index (Phi) is 10.1. The van der Waals surface area contributed by atoms with Gasteiger partial charge in [-0.05, 0) is 56.7 Å². The maximum Gasteiger partial charge on any atom is 0.122 e. The largest absolute Gasteiger partial charge is 0.510 e. The van der Waals surface area contributed by atoms with Crippen molar-refractivity contribution in [3.8, 4) is 5.75 Å². The number of aliphatic hydroxyl groups excluding tert-OH is 1. The van der Waals surface area contributed by atoms with E-state index in [4.69, 9.17) is 30.9 Å². The van der Waals surface area contributed by atoms with E-state index in [0.717, 1.165) is 68.7 Å². The van der Waals surface area contributed by atoms with Crippen molar-refractivity contribution in [2.45, 2.75) is 50.7 Å². The highest BCUT2D eigenvalue weighted by atomic mass is 16.5. The highest BCUT2D eigenvalue weighted by molar-refractivity contribution is 6.34. The first kappa shape index (κ1) is 26.8. The zero-order chi connectivity index (χ0) is 24.6. The van der Waals surface area contributed by atoms with E-state index in [9.17, 15) is 10.2 Å². The first-order valence-corrected chi connectivity index (χ1v) is 12.2. The lowest BCUT2D eigenvalue weighted by molar-refractivity contribution is -0.0697. The SMILES string of the molecule is [B]C([B])Oc1cc(/C(C=NCC2CCOCC2)=C/N)ccc1CN1CCCC([C@](C)(O)CO)C1. The summed E-state index contributed by atoms with van der Waals surface area (Å²) in [6.07, 6.45) is 7.26. The van der Waals surface area contributed by atoms with E-state index >= 15 is 0 Å². The zero-order valence-electron chi connectivity index (χ0n) is 20.2. The summed E-state index contributed by atoms with van der Waals surface area (Å²) in [5, 5.41) is 20.1. The van der Waals surface area contributed by atoms with E-state index in [-0.39, 0.29) is 12.5 Å². The molecule has 0 amide bonds. The standard InChI is InChI=1S/C25H37B2N3O4/c1-25(32,17-31)22-3-2-8-30(16-22)15-20-5-4-19(11-23(20)34-24(26)27)21(12-28)14-29-13-18-6-9-33-10-7-18/h4-5,11-12,14,18,22,24,31-32H,2-3,6-10,13,15-17,28H2,1H3/b21-12+,29-14?/t22?,25-/m1/s1. The second-order valence-corrected chi connectivity index (χ2v) is 9.67. The van der Waals surface area contributed by atoms with Gasteiger partial charge in [0.25, 0.3) is 0 Å². The van der Waals surface area contributed by atoms with Crippen molar-refractivity contribution in [1.29, 1.82) is 0 Å². The predicted molar refractivity (Wildman–Crippen MR) is 137 cm³/mol. The summed E-state index contributed by atoms with van der Waals surface area (Å²) in [5.41, 5.74) is 7.44. The molecular formula is C25H37B2N3O4. The third kappa shape index (κ3) is 7.60. The van der Waals surface area contributed by atoms with Crippen LogP contribution >= 0.6 is 0 Å². The Hall–Kier alpha value is -1.80. The zero-order valence-corrected chi connectivity index (χ0v) is 20.2. The van der Waals surface area contributed by atoms with Gasteiger partial charge in [-0.1, -0.05) is 12.1 Å². The minimum atomic E-state index is -1.09. The van der Waals surface area contributed by atoms with Crippen LogP contribution in [0.15, 0.2) is 29.4 Å². The molecule has 0 bridgehead atoms. The molecule has 1 aromatic carbocycles. The molecule has 34 heavy (non-hydrogen) atoms. The molecule has 2 heterocycles. The minimum absolute atomic E-state index is 0.00497. The van der Waals surface area contributed by atoms with Gasteiger partial charge in [-0.25, -0.2) is 0 Å². The van der Waals surface area contributed by atoms with Gasteiger partial charge in [-0.3, -0.25) is 9.89 Å². The van der Waals surface area contributed by atoms with Crippen LogP contribution in [0.2, 0.25) is 0 Å². The number of aliphatic imine (C=N–C) groups is 1. The third-order valence-corrected chi connectivity index (χ3v) is 6.88. The Morgan fingerprint density at radius 2 is 2.12 bits per heavy atom. The van der Waals surface area contributed by atoms with Crippen molar-refractivity contribution in [1.82, 2.24) is 4.90 Å². The second-order valence-electron chi connectivity index (χ2n) is 9.67. The van der Waals surface area contributed by atoms with Crippen LogP contribution < -0.4 is 10.5 Å². The smallest absolute Gasteiger partial charge is 0.122 e. The molecule has 0 aliphatic carbocycles. The lowest BCUT2D eigenvalue weighted by Gasteiger charge is -2.39. The number of nitrogens with two attached hydrogens (primary N) is 1. The Morgan fingerprint density at radius 3 is 2.79 bits per heavy atom. The molecule has 4 N–H and O–H groups in total. The molecule has 1 unspecified atom stereocenters. The minimum Gasteiger partial charge on any atom is -0.510 e. The Morgan fingerprint density at radius 1 is 1.35 bits per heavy atom. The van der Waals surface area contributed by atoms with Gasteiger partial charge < -0.3 is 25.4 Å². The van der Waals surface area contributed by atoms with E-state index in [1.54, 1.807) is 13.1 Å². The lowest BCUT2D eigenvalue weighted by Crippen LogP contribution is -2.47. The average Bonchev–Trinajstić information content (AvgIpc) is 2.83. The fraction of sp³-hybridized carbons (Fsp3) is 0.640. The van der Waals surface area contributed by atoms with E-state index in [1.165, 1.54) is 0 Å². The predicted octanol–water partition coefficient (Wildman–Crippen LogP) is 1.44. The van der Waals surface area contributed by atoms with Crippen LogP contribution in [0.1, 0.15) is 43.7 Å². The van der Waals surface area contributed by atoms with E-state index in [2.05, 4.69) is 9.89 Å². The Balaban J connectivity index is 1.72. The summed E-state index contributed by atoms with van der Waals surface area (Å²) in [7, 11) is 11.5. The molecule has 4 radical (unpaired) electrons. The normalized spacial score (nSPS) is 22.8. The molecule has 182 valence electrons. The molecule has 7 nitrogen and oxygen atoms in total. The van der Waals surface area contributed by atoms with Crippen molar-refractivity contribution in [2.75, 3.05) is 39.5 Å². The van der Waals surface area contributed by atoms with Gasteiger partial charge in [-0.15, -0.1) is 0 Å². The number of hydrogen-bond acceptors (Lipinski definition) is 7. The van der Waals surface area contributed by atoms with Crippen molar-refractivity contribution < 1.29 is 19.7 Å². The number of allylic oxidation sites excluding steroid dienone is 1. The van der Waals surface area contributed by atoms with Gasteiger partial charge in [0, 0.05) is 68.2 Å². The molecule has 2 atom stereocenters. The van der Waals surface area contributed by atoms with Gasteiger partial charge in [-0.2, -0.15) is 0 Å². The average molecular weight is 465 g/mol. The summed E-state index contributed by atoms with van der Waals surface area (Å²) in [6, 6.07) is 5.89. The quantitative estimate of drug-likeness (QED) is 0.357. The number of rotatable bonds is 10. The second kappa shape index (κ2) is 12.8. The lowest BCUT2D eigenvalue weighted by atomic mass is 9.82. The van der Waals surface area contributed by atoms with E-state index in [1.807, 2.05) is 24.4 Å². The fourth-order valence-corrected chi connectivity index (χ4v) is 4.64. The van der Waals surface area contributed by atoms with E-state index in [0.29, 0.717) is 24.8 Å². The first-order chi connectivity index (χ1) is 16.3. The topological polar surface area (TPSA) is 101 Å². The number of aliphatic hydroxyl groups is 2. The van der Waals surface area contributed by atoms with Crippen LogP contribution in [0.3, 0.4) is 0 Å². The molecule has 2 aliphatic heterocycles. The molecular weight excluding hydrogens is 428 g/mol. The van der Waals surface area contributed by atoms with Crippen molar-refractivity contribution in [3.63, 3.8) is 0 Å². The van der Waals surface area contributed by atoms with Crippen LogP contribution in [0.5, 0.6) is 5.75 Å². The molecule has 0 aromatic heterocycles. The number of likely N-dealkylation sites (tertiary alicyclic amines) is 1. The van der Waals surface area contributed by atoms with Crippen LogP contribution in [0.4, 0.5) is 0 Å². The summed E-state index contributed by atoms with van der Waals surface area (Å²) in [4.78, 5) is 6.88. The van der Waals surface area contributed by atoms with Crippen LogP contribution in [0, 0.1) is 11.8 Å². The molecule has 1 aromatic rings. The maximum atomic E-state index is 10.5. The summed E-state index contributed by atoms with van der Waals surface area (Å²) in [6.45, 7) is 6.02. The Bertz CT molecular complexity index is 841. The molecule has 0 saturated carbocycles. The number of hydrogen-bond donors (Lipinski definition) is 3. The number of benzene rings is 1. The molecule has 0 spiro atoms. The third-order valence-electron chi connectivity index (χ3n) is 6.88. The van der Waals surface area contributed by atoms with Gasteiger partial charge in [0.1, 0.15) is 21.4 Å². The van der Waals surface area contributed by atoms with Crippen LogP contribution in [-0.4, -0.2) is 88.0 Å². The first-order valence-electron chi connectivity index (χ1n) is 12.2. The summed E-state index contributed by atoms with van der Waals surface area (Å²) >= 11 is 0. The van der Waals surface area contributed by atoms with Crippen LogP contribution in [0.25, 0.3) is 5.57 Å². The molecule has 2 aliphatic rings. The summed E-state index contributed by atoms with van der Waals surface area (Å²) < 4.78 is 11.2. The Labute approximate surface area is 206 Å². The highest BCUT2D eigenvalue weighted by Gasteiger charge is 2.34. The highest BCUT2D eigenvalue weighted by Crippen LogP contribution is 2.31. The molecule has 2 fully saturated rings. The van der Waals surface area contributed by atoms with Crippen molar-refractivity contribution >= 4 is 27.5 Å². The van der Waals surface area contributed by atoms with Gasteiger partial charge in [0.2, 0.25) is 0 Å². The summed E-state index contributed by atoms with van der Waals surface area (Å²) in [5.74, 6) is 0.192. The fourth-order valence-electron chi connectivity index (χ4n) is 4.64. The van der Waals surface area contributed by atoms with Crippen molar-refractivity contribution in [3.05, 3.63) is 35.5 Å². The van der Waals surface area contributed by atoms with Crippen molar-refractivity contribution in [2.24, 2.45) is 22.6 Å². The van der Waals surface area contributed by atoms with Gasteiger partial charge in [0.15, 0.2) is 0 Å². The monoisotopic (exact) mass is 465 g/mol. The maximum absolute atomic E-state index is 10.5. The van der Waals surface area contributed by atoms with Gasteiger partial charge >= 0.3 is 0 Å². The van der Waals surface area contributed by atoms with Crippen LogP contribution in [-0.2, 0) is 11.3 Å². The molecule has 3 rings (SSSR count). The molecule has 2 saturated heterocycles.